The monoisotopic (exact) mass is 523 g/mol. The van der Waals surface area contributed by atoms with Gasteiger partial charge in [-0.1, -0.05) is 0 Å². The zero-order chi connectivity index (χ0) is 27.1. The fourth-order valence-corrected chi connectivity index (χ4v) is 5.21. The van der Waals surface area contributed by atoms with Crippen molar-refractivity contribution in [2.45, 2.75) is 64.4 Å². The summed E-state index contributed by atoms with van der Waals surface area (Å²) in [5.74, 6) is -0.244. The van der Waals surface area contributed by atoms with Crippen LogP contribution in [0.25, 0.3) is 0 Å². The minimum absolute atomic E-state index is 0.128. The molecule has 12 nitrogen and oxygen atoms in total. The van der Waals surface area contributed by atoms with Crippen molar-refractivity contribution in [3.05, 3.63) is 39.6 Å². The van der Waals surface area contributed by atoms with Gasteiger partial charge in [0.15, 0.2) is 5.69 Å². The van der Waals surface area contributed by atoms with Gasteiger partial charge in [0.2, 0.25) is 15.9 Å². The Morgan fingerprint density at radius 1 is 1.17 bits per heavy atom. The summed E-state index contributed by atoms with van der Waals surface area (Å²) >= 11 is 0. The third-order valence-corrected chi connectivity index (χ3v) is 7.06. The van der Waals surface area contributed by atoms with Crippen LogP contribution in [0.5, 0.6) is 11.6 Å². The zero-order valence-corrected chi connectivity index (χ0v) is 22.4. The lowest BCUT2D eigenvalue weighted by Gasteiger charge is -2.26. The van der Waals surface area contributed by atoms with Crippen LogP contribution in [0.2, 0.25) is 0 Å². The Bertz CT molecular complexity index is 1270. The summed E-state index contributed by atoms with van der Waals surface area (Å²) in [6.07, 6.45) is 0. The van der Waals surface area contributed by atoms with Gasteiger partial charge in [0.25, 0.3) is 11.6 Å². The second kappa shape index (κ2) is 9.79. The standard InChI is InChI=1S/C23H33N5O7S/c1-15-19(20(29)26-10-12-34-13-11-26)24-27(23(5,6)7)21(15)35-17-9-8-16(28(30)31)14-18(17)36(32,33)25-22(2,3)4/h8-9,14,25H,10-13H2,1-7H3. The van der Waals surface area contributed by atoms with Crippen LogP contribution >= 0.6 is 0 Å². The first-order valence-corrected chi connectivity index (χ1v) is 13.0. The van der Waals surface area contributed by atoms with Crippen molar-refractivity contribution in [1.29, 1.82) is 0 Å². The van der Waals surface area contributed by atoms with E-state index < -0.39 is 36.6 Å². The smallest absolute Gasteiger partial charge is 0.274 e. The van der Waals surface area contributed by atoms with Gasteiger partial charge < -0.3 is 14.4 Å². The van der Waals surface area contributed by atoms with E-state index in [0.29, 0.717) is 31.9 Å². The fourth-order valence-electron chi connectivity index (χ4n) is 3.64. The number of sulfonamides is 1. The van der Waals surface area contributed by atoms with Crippen molar-refractivity contribution in [2.75, 3.05) is 26.3 Å². The number of amides is 1. The number of benzene rings is 1. The molecular weight excluding hydrogens is 490 g/mol. The van der Waals surface area contributed by atoms with Crippen molar-refractivity contribution in [3.63, 3.8) is 0 Å². The van der Waals surface area contributed by atoms with E-state index in [-0.39, 0.29) is 23.2 Å². The molecule has 2 aromatic rings. The van der Waals surface area contributed by atoms with Gasteiger partial charge in [-0.05, 0) is 54.5 Å². The molecule has 1 N–H and O–H groups in total. The van der Waals surface area contributed by atoms with Crippen molar-refractivity contribution in [1.82, 2.24) is 19.4 Å². The van der Waals surface area contributed by atoms with Crippen molar-refractivity contribution in [3.8, 4) is 11.6 Å². The van der Waals surface area contributed by atoms with E-state index in [2.05, 4.69) is 9.82 Å². The summed E-state index contributed by atoms with van der Waals surface area (Å²) in [5.41, 5.74) is -1.27. The lowest BCUT2D eigenvalue weighted by atomic mass is 10.1. The van der Waals surface area contributed by atoms with Crippen LogP contribution < -0.4 is 9.46 Å². The first-order chi connectivity index (χ1) is 16.5. The van der Waals surface area contributed by atoms with E-state index in [1.165, 1.54) is 16.8 Å². The lowest BCUT2D eigenvalue weighted by Crippen LogP contribution is -2.41. The number of carbonyl (C=O) groups is 1. The number of nitro groups is 1. The summed E-state index contributed by atoms with van der Waals surface area (Å²) in [6, 6.07) is 3.35. The molecule has 0 saturated carbocycles. The molecule has 0 radical (unpaired) electrons. The molecule has 0 bridgehead atoms. The van der Waals surface area contributed by atoms with Crippen molar-refractivity contribution >= 4 is 21.6 Å². The number of nitro benzene ring substituents is 1. The molecule has 2 heterocycles. The molecule has 0 spiro atoms. The molecule has 1 saturated heterocycles. The highest BCUT2D eigenvalue weighted by atomic mass is 32.2. The van der Waals surface area contributed by atoms with Gasteiger partial charge in [-0.25, -0.2) is 17.8 Å². The maximum Gasteiger partial charge on any atom is 0.274 e. The molecular formula is C23H33N5O7S. The third-order valence-electron chi connectivity index (χ3n) is 5.28. The molecule has 198 valence electrons. The van der Waals surface area contributed by atoms with E-state index in [1.54, 1.807) is 32.6 Å². The molecule has 1 aliphatic rings. The van der Waals surface area contributed by atoms with E-state index in [4.69, 9.17) is 9.47 Å². The molecule has 0 atom stereocenters. The van der Waals surface area contributed by atoms with Gasteiger partial charge in [0.1, 0.15) is 10.6 Å². The SMILES string of the molecule is Cc1c(C(=O)N2CCOCC2)nn(C(C)(C)C)c1Oc1ccc([N+](=O)[O-])cc1S(=O)(=O)NC(C)(C)C. The molecule has 1 aromatic carbocycles. The summed E-state index contributed by atoms with van der Waals surface area (Å²) in [5, 5.41) is 15.9. The molecule has 1 aromatic heterocycles. The highest BCUT2D eigenvalue weighted by Gasteiger charge is 2.33. The molecule has 13 heteroatoms. The van der Waals surface area contributed by atoms with Gasteiger partial charge >= 0.3 is 0 Å². The number of hydrogen-bond acceptors (Lipinski definition) is 8. The van der Waals surface area contributed by atoms with E-state index >= 15 is 0 Å². The zero-order valence-electron chi connectivity index (χ0n) is 21.6. The Balaban J connectivity index is 2.14. The van der Waals surface area contributed by atoms with Crippen LogP contribution in [0.3, 0.4) is 0 Å². The summed E-state index contributed by atoms with van der Waals surface area (Å²) in [4.78, 5) is 25.2. The van der Waals surface area contributed by atoms with Crippen LogP contribution in [0.15, 0.2) is 23.1 Å². The Morgan fingerprint density at radius 2 is 1.78 bits per heavy atom. The Hall–Kier alpha value is -3.03. The molecule has 1 fully saturated rings. The minimum Gasteiger partial charge on any atom is -0.438 e. The van der Waals surface area contributed by atoms with Gasteiger partial charge in [-0.2, -0.15) is 5.10 Å². The summed E-state index contributed by atoms with van der Waals surface area (Å²) in [6.45, 7) is 14.0. The number of hydrogen-bond donors (Lipinski definition) is 1. The van der Waals surface area contributed by atoms with Crippen molar-refractivity contribution in [2.24, 2.45) is 0 Å². The van der Waals surface area contributed by atoms with Crippen LogP contribution in [-0.2, 0) is 20.3 Å². The van der Waals surface area contributed by atoms with E-state index in [0.717, 1.165) is 6.07 Å². The lowest BCUT2D eigenvalue weighted by molar-refractivity contribution is -0.385. The number of rotatable bonds is 6. The third kappa shape index (κ3) is 6.02. The predicted molar refractivity (Wildman–Crippen MR) is 132 cm³/mol. The molecule has 3 rings (SSSR count). The van der Waals surface area contributed by atoms with E-state index in [1.807, 2.05) is 20.8 Å². The largest absolute Gasteiger partial charge is 0.438 e. The second-order valence-electron chi connectivity index (χ2n) is 10.6. The molecule has 1 amide bonds. The normalized spacial score (nSPS) is 15.1. The molecule has 1 aliphatic heterocycles. The average molecular weight is 524 g/mol. The Morgan fingerprint density at radius 3 is 2.31 bits per heavy atom. The second-order valence-corrected chi connectivity index (χ2v) is 12.3. The molecule has 36 heavy (non-hydrogen) atoms. The Labute approximate surface area is 210 Å². The quantitative estimate of drug-likeness (QED) is 0.449. The molecule has 0 unspecified atom stereocenters. The van der Waals surface area contributed by atoms with Gasteiger partial charge in [-0.15, -0.1) is 0 Å². The summed E-state index contributed by atoms with van der Waals surface area (Å²) < 4.78 is 41.9. The number of morpholine rings is 1. The minimum atomic E-state index is -4.21. The predicted octanol–water partition coefficient (Wildman–Crippen LogP) is 3.20. The van der Waals surface area contributed by atoms with Crippen molar-refractivity contribution < 1.29 is 27.6 Å². The number of nitrogens with zero attached hydrogens (tertiary/aromatic N) is 4. The highest BCUT2D eigenvalue weighted by molar-refractivity contribution is 7.89. The Kier molecular flexibility index (Phi) is 7.49. The topological polar surface area (TPSA) is 146 Å². The molecule has 0 aliphatic carbocycles. The number of nitrogens with one attached hydrogen (secondary N) is 1. The number of ether oxygens (including phenoxy) is 2. The van der Waals surface area contributed by atoms with Crippen LogP contribution in [-0.4, -0.2) is 65.8 Å². The maximum absolute atomic E-state index is 13.2. The van der Waals surface area contributed by atoms with Crippen LogP contribution in [0.4, 0.5) is 5.69 Å². The number of carbonyl (C=O) groups excluding carboxylic acids is 1. The van der Waals surface area contributed by atoms with E-state index in [9.17, 15) is 23.3 Å². The summed E-state index contributed by atoms with van der Waals surface area (Å²) in [7, 11) is -4.21. The number of non-ortho nitro benzene ring substituents is 1. The average Bonchev–Trinajstić information content (AvgIpc) is 3.08. The van der Waals surface area contributed by atoms with Gasteiger partial charge in [0.05, 0.1) is 23.7 Å². The number of aromatic nitrogens is 2. The van der Waals surface area contributed by atoms with Crippen LogP contribution in [0.1, 0.15) is 57.6 Å². The highest BCUT2D eigenvalue weighted by Crippen LogP contribution is 2.37. The fraction of sp³-hybridized carbons (Fsp3) is 0.565. The van der Waals surface area contributed by atoms with Gasteiger partial charge in [-0.3, -0.25) is 14.9 Å². The maximum atomic E-state index is 13.2. The first-order valence-electron chi connectivity index (χ1n) is 11.5. The first kappa shape index (κ1) is 27.6. The van der Waals surface area contributed by atoms with Crippen LogP contribution in [0, 0.1) is 17.0 Å². The van der Waals surface area contributed by atoms with Gasteiger partial charge in [0, 0.05) is 36.3 Å².